The Bertz CT molecular complexity index is 890. The van der Waals surface area contributed by atoms with E-state index in [-0.39, 0.29) is 5.76 Å². The number of rotatable bonds is 5. The number of esters is 1. The number of nitrogens with two attached hydrogens (primary N) is 1. The third-order valence-corrected chi connectivity index (χ3v) is 3.89. The van der Waals surface area contributed by atoms with Gasteiger partial charge in [0.1, 0.15) is 0 Å². The zero-order chi connectivity index (χ0) is 17.9. The highest BCUT2D eigenvalue weighted by molar-refractivity contribution is 7.89. The van der Waals surface area contributed by atoms with Crippen molar-refractivity contribution in [2.45, 2.75) is 12.0 Å². The van der Waals surface area contributed by atoms with Crippen LogP contribution in [0.2, 0.25) is 5.02 Å². The summed E-state index contributed by atoms with van der Waals surface area (Å²) < 4.78 is 31.6. The Balaban J connectivity index is 1.94. The molecule has 10 heteroatoms. The van der Waals surface area contributed by atoms with E-state index in [1.54, 1.807) is 18.2 Å². The summed E-state index contributed by atoms with van der Waals surface area (Å²) in [7, 11) is -4.06. The van der Waals surface area contributed by atoms with Crippen molar-refractivity contribution in [3.8, 4) is 0 Å². The molecule has 0 bridgehead atoms. The Labute approximate surface area is 142 Å². The van der Waals surface area contributed by atoms with Gasteiger partial charge in [-0.3, -0.25) is 4.79 Å². The van der Waals surface area contributed by atoms with Crippen LogP contribution in [0.5, 0.6) is 0 Å². The summed E-state index contributed by atoms with van der Waals surface area (Å²) >= 11 is 5.97. The zero-order valence-corrected chi connectivity index (χ0v) is 14.0. The number of carbonyl (C=O) groups is 2. The molecule has 0 saturated heterocycles. The van der Waals surface area contributed by atoms with Crippen LogP contribution in [0, 0.1) is 6.92 Å². The highest BCUT2D eigenvalue weighted by Crippen LogP contribution is 2.22. The number of sulfonamides is 1. The number of primary sulfonamides is 1. The standard InChI is InChI=1S/C14H13ClN2O6S/c1-8-2-3-10(9(15)6-8)17-12(18)7-22-14(19)11-4-5-13(23-11)24(16,20)21/h2-6H,7H2,1H3,(H,17,18)(H2,16,20,21). The summed E-state index contributed by atoms with van der Waals surface area (Å²) in [5, 5.41) is 7.10. The van der Waals surface area contributed by atoms with E-state index in [9.17, 15) is 18.0 Å². The van der Waals surface area contributed by atoms with Crippen LogP contribution in [0.1, 0.15) is 16.1 Å². The highest BCUT2D eigenvalue weighted by atomic mass is 35.5. The molecule has 0 aliphatic heterocycles. The van der Waals surface area contributed by atoms with E-state index in [0.717, 1.165) is 17.7 Å². The summed E-state index contributed by atoms with van der Waals surface area (Å²) in [4.78, 5) is 23.5. The molecular formula is C14H13ClN2O6S. The molecule has 0 unspecified atom stereocenters. The van der Waals surface area contributed by atoms with Crippen molar-refractivity contribution >= 4 is 39.2 Å². The topological polar surface area (TPSA) is 129 Å². The first-order valence-corrected chi connectivity index (χ1v) is 8.45. The molecule has 0 aliphatic carbocycles. The van der Waals surface area contributed by atoms with Crippen molar-refractivity contribution in [1.82, 2.24) is 0 Å². The summed E-state index contributed by atoms with van der Waals surface area (Å²) in [5.74, 6) is -2.01. The van der Waals surface area contributed by atoms with E-state index >= 15 is 0 Å². The van der Waals surface area contributed by atoms with Gasteiger partial charge in [-0.2, -0.15) is 0 Å². The maximum atomic E-state index is 11.8. The average molecular weight is 373 g/mol. The van der Waals surface area contributed by atoms with Crippen LogP contribution in [0.15, 0.2) is 39.8 Å². The van der Waals surface area contributed by atoms with Gasteiger partial charge in [0.25, 0.3) is 15.9 Å². The quantitative estimate of drug-likeness (QED) is 0.768. The van der Waals surface area contributed by atoms with E-state index < -0.39 is 33.6 Å². The van der Waals surface area contributed by atoms with Gasteiger partial charge in [-0.1, -0.05) is 17.7 Å². The molecule has 0 radical (unpaired) electrons. The first kappa shape index (κ1) is 18.0. The van der Waals surface area contributed by atoms with Crippen LogP contribution in [0.3, 0.4) is 0 Å². The minimum Gasteiger partial charge on any atom is -0.450 e. The lowest BCUT2D eigenvalue weighted by Crippen LogP contribution is -2.21. The summed E-state index contributed by atoms with van der Waals surface area (Å²) in [6.07, 6.45) is 0. The predicted molar refractivity (Wildman–Crippen MR) is 85.2 cm³/mol. The average Bonchev–Trinajstić information content (AvgIpc) is 2.98. The molecule has 1 heterocycles. The fraction of sp³-hybridized carbons (Fsp3) is 0.143. The third kappa shape index (κ3) is 4.57. The second-order valence-electron chi connectivity index (χ2n) is 4.77. The van der Waals surface area contributed by atoms with Crippen molar-refractivity contribution in [3.05, 3.63) is 46.7 Å². The number of hydrogen-bond donors (Lipinski definition) is 2. The molecule has 1 amide bonds. The Morgan fingerprint density at radius 2 is 2.00 bits per heavy atom. The number of furan rings is 1. The minimum absolute atomic E-state index is 0.346. The van der Waals surface area contributed by atoms with E-state index in [4.69, 9.17) is 25.9 Å². The van der Waals surface area contributed by atoms with Gasteiger partial charge in [0, 0.05) is 0 Å². The minimum atomic E-state index is -4.06. The van der Waals surface area contributed by atoms with Crippen LogP contribution in [-0.2, 0) is 19.6 Å². The fourth-order valence-electron chi connectivity index (χ4n) is 1.69. The maximum Gasteiger partial charge on any atom is 0.374 e. The van der Waals surface area contributed by atoms with Crippen LogP contribution in [0.4, 0.5) is 5.69 Å². The Morgan fingerprint density at radius 1 is 1.29 bits per heavy atom. The maximum absolute atomic E-state index is 11.8. The van der Waals surface area contributed by atoms with E-state index in [2.05, 4.69) is 5.32 Å². The lowest BCUT2D eigenvalue weighted by molar-refractivity contribution is -0.119. The van der Waals surface area contributed by atoms with Crippen LogP contribution in [0.25, 0.3) is 0 Å². The lowest BCUT2D eigenvalue weighted by atomic mass is 10.2. The molecule has 128 valence electrons. The van der Waals surface area contributed by atoms with Gasteiger partial charge in [-0.05, 0) is 36.8 Å². The van der Waals surface area contributed by atoms with Gasteiger partial charge < -0.3 is 14.5 Å². The summed E-state index contributed by atoms with van der Waals surface area (Å²) in [6, 6.07) is 7.13. The van der Waals surface area contributed by atoms with Crippen LogP contribution in [-0.4, -0.2) is 26.9 Å². The van der Waals surface area contributed by atoms with Crippen LogP contribution < -0.4 is 10.5 Å². The molecule has 0 atom stereocenters. The zero-order valence-electron chi connectivity index (χ0n) is 12.4. The molecular weight excluding hydrogens is 360 g/mol. The SMILES string of the molecule is Cc1ccc(NC(=O)COC(=O)c2ccc(S(N)(=O)=O)o2)c(Cl)c1. The summed E-state index contributed by atoms with van der Waals surface area (Å²) in [6.45, 7) is 1.24. The van der Waals surface area contributed by atoms with E-state index in [1.807, 2.05) is 6.92 Å². The second kappa shape index (κ2) is 7.04. The number of aryl methyl sites for hydroxylation is 1. The van der Waals surface area contributed by atoms with Crippen molar-refractivity contribution < 1.29 is 27.2 Å². The molecule has 24 heavy (non-hydrogen) atoms. The molecule has 2 rings (SSSR count). The first-order chi connectivity index (χ1) is 11.2. The predicted octanol–water partition coefficient (Wildman–Crippen LogP) is 1.68. The second-order valence-corrected chi connectivity index (χ2v) is 6.67. The van der Waals surface area contributed by atoms with Crippen molar-refractivity contribution in [1.29, 1.82) is 0 Å². The van der Waals surface area contributed by atoms with Crippen molar-refractivity contribution in [3.63, 3.8) is 0 Å². The molecule has 2 aromatic rings. The number of anilines is 1. The van der Waals surface area contributed by atoms with Crippen molar-refractivity contribution in [2.75, 3.05) is 11.9 Å². The van der Waals surface area contributed by atoms with E-state index in [1.165, 1.54) is 0 Å². The number of nitrogens with one attached hydrogen (secondary N) is 1. The third-order valence-electron chi connectivity index (χ3n) is 2.80. The van der Waals surface area contributed by atoms with Crippen LogP contribution >= 0.6 is 11.6 Å². The molecule has 0 aliphatic rings. The van der Waals surface area contributed by atoms with Gasteiger partial charge in [0.2, 0.25) is 10.9 Å². The molecule has 0 saturated carbocycles. The number of amides is 1. The number of halogens is 1. The van der Waals surface area contributed by atoms with Gasteiger partial charge in [0.05, 0.1) is 10.7 Å². The van der Waals surface area contributed by atoms with Gasteiger partial charge in [-0.25, -0.2) is 18.4 Å². The molecule has 1 aromatic heterocycles. The Morgan fingerprint density at radius 3 is 2.58 bits per heavy atom. The molecule has 8 nitrogen and oxygen atoms in total. The smallest absolute Gasteiger partial charge is 0.374 e. The fourth-order valence-corrected chi connectivity index (χ4v) is 2.44. The van der Waals surface area contributed by atoms with E-state index in [0.29, 0.717) is 10.7 Å². The molecule has 0 spiro atoms. The van der Waals surface area contributed by atoms with Crippen molar-refractivity contribution in [2.24, 2.45) is 5.14 Å². The number of carbonyl (C=O) groups excluding carboxylic acids is 2. The van der Waals surface area contributed by atoms with Gasteiger partial charge in [-0.15, -0.1) is 0 Å². The van der Waals surface area contributed by atoms with Gasteiger partial charge in [0.15, 0.2) is 6.61 Å². The lowest BCUT2D eigenvalue weighted by Gasteiger charge is -2.08. The molecule has 3 N–H and O–H groups in total. The molecule has 1 aromatic carbocycles. The largest absolute Gasteiger partial charge is 0.450 e. The first-order valence-electron chi connectivity index (χ1n) is 6.52. The number of hydrogen-bond acceptors (Lipinski definition) is 6. The van der Waals surface area contributed by atoms with Gasteiger partial charge >= 0.3 is 5.97 Å². The Kier molecular flexibility index (Phi) is 5.27. The molecule has 0 fully saturated rings. The Hall–Kier alpha value is -2.36. The number of ether oxygens (including phenoxy) is 1. The number of benzene rings is 1. The summed E-state index contributed by atoms with van der Waals surface area (Å²) in [5.41, 5.74) is 1.30. The normalized spacial score (nSPS) is 11.1. The monoisotopic (exact) mass is 372 g/mol. The highest BCUT2D eigenvalue weighted by Gasteiger charge is 2.19.